The van der Waals surface area contributed by atoms with Crippen molar-refractivity contribution in [2.45, 2.75) is 6.42 Å². The third-order valence-electron chi connectivity index (χ3n) is 2.84. The van der Waals surface area contributed by atoms with Crippen molar-refractivity contribution in [3.8, 4) is 5.75 Å². The number of hydrogen-bond acceptors (Lipinski definition) is 3. The van der Waals surface area contributed by atoms with Crippen molar-refractivity contribution in [2.24, 2.45) is 0 Å². The molecule has 0 aliphatic carbocycles. The average molecular weight is 291 g/mol. The third-order valence-corrected chi connectivity index (χ3v) is 3.14. The molecule has 104 valence electrons. The lowest BCUT2D eigenvalue weighted by Gasteiger charge is -2.09. The Morgan fingerprint density at radius 3 is 2.70 bits per heavy atom. The fourth-order valence-electron chi connectivity index (χ4n) is 1.82. The Bertz CT molecular complexity index is 629. The van der Waals surface area contributed by atoms with Crippen LogP contribution < -0.4 is 15.8 Å². The molecule has 0 heterocycles. The first-order valence-corrected chi connectivity index (χ1v) is 6.44. The second-order valence-electron chi connectivity index (χ2n) is 4.27. The summed E-state index contributed by atoms with van der Waals surface area (Å²) >= 11 is 6.00. The number of hydrogen-bond donors (Lipinski definition) is 2. The molecule has 2 aromatic carbocycles. The van der Waals surface area contributed by atoms with Gasteiger partial charge in [0.05, 0.1) is 18.6 Å². The molecule has 0 spiro atoms. The average Bonchev–Trinajstić information content (AvgIpc) is 2.41. The van der Waals surface area contributed by atoms with Gasteiger partial charge >= 0.3 is 0 Å². The Hall–Kier alpha value is -2.20. The number of anilines is 2. The van der Waals surface area contributed by atoms with E-state index in [9.17, 15) is 4.79 Å². The molecule has 0 bridgehead atoms. The predicted octanol–water partition coefficient (Wildman–Crippen LogP) is 3.11. The highest BCUT2D eigenvalue weighted by molar-refractivity contribution is 6.32. The Morgan fingerprint density at radius 1 is 1.30 bits per heavy atom. The Labute approximate surface area is 122 Å². The fourth-order valence-corrected chi connectivity index (χ4v) is 2.08. The van der Waals surface area contributed by atoms with E-state index in [1.165, 1.54) is 7.11 Å². The van der Waals surface area contributed by atoms with Crippen LogP contribution in [0.25, 0.3) is 0 Å². The lowest BCUT2D eigenvalue weighted by atomic mass is 10.1. The van der Waals surface area contributed by atoms with Crippen LogP contribution in [-0.4, -0.2) is 13.0 Å². The predicted molar refractivity (Wildman–Crippen MR) is 81.2 cm³/mol. The lowest BCUT2D eigenvalue weighted by Crippen LogP contribution is -2.15. The van der Waals surface area contributed by atoms with E-state index in [1.807, 2.05) is 18.2 Å². The molecule has 0 atom stereocenters. The summed E-state index contributed by atoms with van der Waals surface area (Å²) in [7, 11) is 1.54. The topological polar surface area (TPSA) is 64.3 Å². The van der Waals surface area contributed by atoms with E-state index < -0.39 is 0 Å². The Balaban J connectivity index is 2.05. The largest absolute Gasteiger partial charge is 0.495 e. The lowest BCUT2D eigenvalue weighted by molar-refractivity contribution is -0.115. The number of carbonyl (C=O) groups is 1. The van der Waals surface area contributed by atoms with Gasteiger partial charge in [-0.1, -0.05) is 29.8 Å². The number of methoxy groups -OCH3 is 1. The van der Waals surface area contributed by atoms with Crippen molar-refractivity contribution >= 4 is 28.9 Å². The summed E-state index contributed by atoms with van der Waals surface area (Å²) in [6, 6.07) is 12.4. The molecular weight excluding hydrogens is 276 g/mol. The minimum atomic E-state index is -0.149. The summed E-state index contributed by atoms with van der Waals surface area (Å²) in [4.78, 5) is 12.0. The minimum absolute atomic E-state index is 0.149. The normalized spacial score (nSPS) is 10.1. The zero-order chi connectivity index (χ0) is 14.5. The zero-order valence-electron chi connectivity index (χ0n) is 11.0. The standard InChI is InChI=1S/C15H15ClN2O2/c1-20-14-7-6-11(9-12(14)16)18-15(19)8-10-4-2-3-5-13(10)17/h2-7,9H,8,17H2,1H3,(H,18,19). The van der Waals surface area contributed by atoms with Gasteiger partial charge in [-0.3, -0.25) is 4.79 Å². The molecule has 20 heavy (non-hydrogen) atoms. The maximum absolute atomic E-state index is 12.0. The van der Waals surface area contributed by atoms with Crippen LogP contribution >= 0.6 is 11.6 Å². The molecule has 4 nitrogen and oxygen atoms in total. The number of rotatable bonds is 4. The molecule has 1 amide bonds. The van der Waals surface area contributed by atoms with E-state index in [4.69, 9.17) is 22.1 Å². The van der Waals surface area contributed by atoms with Gasteiger partial charge in [-0.25, -0.2) is 0 Å². The summed E-state index contributed by atoms with van der Waals surface area (Å²) in [6.45, 7) is 0. The van der Waals surface area contributed by atoms with Crippen LogP contribution in [-0.2, 0) is 11.2 Å². The number of nitrogens with one attached hydrogen (secondary N) is 1. The summed E-state index contributed by atoms with van der Waals surface area (Å²) in [6.07, 6.45) is 0.219. The second-order valence-corrected chi connectivity index (χ2v) is 4.68. The summed E-state index contributed by atoms with van der Waals surface area (Å²) in [5.74, 6) is 0.418. The number of benzene rings is 2. The molecular formula is C15H15ClN2O2. The number of amides is 1. The SMILES string of the molecule is COc1ccc(NC(=O)Cc2ccccc2N)cc1Cl. The molecule has 0 fully saturated rings. The van der Waals surface area contributed by atoms with E-state index in [0.29, 0.717) is 22.1 Å². The van der Waals surface area contributed by atoms with Gasteiger partial charge < -0.3 is 15.8 Å². The number of halogens is 1. The number of nitrogens with two attached hydrogens (primary N) is 1. The van der Waals surface area contributed by atoms with Gasteiger partial charge in [0, 0.05) is 11.4 Å². The monoisotopic (exact) mass is 290 g/mol. The first kappa shape index (κ1) is 14.2. The van der Waals surface area contributed by atoms with Crippen LogP contribution in [0.5, 0.6) is 5.75 Å². The summed E-state index contributed by atoms with van der Waals surface area (Å²) in [5.41, 5.74) is 7.83. The van der Waals surface area contributed by atoms with E-state index in [2.05, 4.69) is 5.32 Å². The highest BCUT2D eigenvalue weighted by Gasteiger charge is 2.08. The van der Waals surface area contributed by atoms with Crippen LogP contribution in [0.2, 0.25) is 5.02 Å². The fraction of sp³-hybridized carbons (Fsp3) is 0.133. The molecule has 0 aliphatic rings. The van der Waals surface area contributed by atoms with Gasteiger partial charge in [-0.05, 0) is 29.8 Å². The molecule has 2 aromatic rings. The van der Waals surface area contributed by atoms with E-state index in [1.54, 1.807) is 24.3 Å². The number of ether oxygens (including phenoxy) is 1. The first-order chi connectivity index (χ1) is 9.60. The quantitative estimate of drug-likeness (QED) is 0.850. The van der Waals surface area contributed by atoms with Gasteiger partial charge in [0.1, 0.15) is 5.75 Å². The second kappa shape index (κ2) is 6.30. The Kier molecular flexibility index (Phi) is 4.48. The maximum atomic E-state index is 12.0. The molecule has 0 saturated carbocycles. The van der Waals surface area contributed by atoms with E-state index >= 15 is 0 Å². The molecule has 0 saturated heterocycles. The Morgan fingerprint density at radius 2 is 2.05 bits per heavy atom. The molecule has 0 aromatic heterocycles. The zero-order valence-corrected chi connectivity index (χ0v) is 11.8. The smallest absolute Gasteiger partial charge is 0.228 e. The van der Waals surface area contributed by atoms with Gasteiger partial charge in [0.25, 0.3) is 0 Å². The number of para-hydroxylation sites is 1. The summed E-state index contributed by atoms with van der Waals surface area (Å²) in [5, 5.41) is 3.22. The third kappa shape index (κ3) is 3.42. The molecule has 5 heteroatoms. The van der Waals surface area contributed by atoms with E-state index in [0.717, 1.165) is 5.56 Å². The minimum Gasteiger partial charge on any atom is -0.495 e. The van der Waals surface area contributed by atoms with Crippen molar-refractivity contribution in [1.29, 1.82) is 0 Å². The van der Waals surface area contributed by atoms with Crippen molar-refractivity contribution in [3.63, 3.8) is 0 Å². The van der Waals surface area contributed by atoms with Crippen molar-refractivity contribution < 1.29 is 9.53 Å². The van der Waals surface area contributed by atoms with Gasteiger partial charge in [0.2, 0.25) is 5.91 Å². The van der Waals surface area contributed by atoms with Crippen LogP contribution in [0.15, 0.2) is 42.5 Å². The van der Waals surface area contributed by atoms with E-state index in [-0.39, 0.29) is 12.3 Å². The van der Waals surface area contributed by atoms with Crippen molar-refractivity contribution in [2.75, 3.05) is 18.2 Å². The van der Waals surface area contributed by atoms with Crippen LogP contribution in [0.4, 0.5) is 11.4 Å². The maximum Gasteiger partial charge on any atom is 0.228 e. The highest BCUT2D eigenvalue weighted by Crippen LogP contribution is 2.27. The van der Waals surface area contributed by atoms with Crippen molar-refractivity contribution in [3.05, 3.63) is 53.1 Å². The number of nitrogen functional groups attached to an aromatic ring is 1. The number of carbonyl (C=O) groups excluding carboxylic acids is 1. The molecule has 2 rings (SSSR count). The van der Waals surface area contributed by atoms with Gasteiger partial charge in [-0.2, -0.15) is 0 Å². The van der Waals surface area contributed by atoms with Crippen LogP contribution in [0.3, 0.4) is 0 Å². The van der Waals surface area contributed by atoms with Crippen LogP contribution in [0, 0.1) is 0 Å². The van der Waals surface area contributed by atoms with Crippen LogP contribution in [0.1, 0.15) is 5.56 Å². The molecule has 0 radical (unpaired) electrons. The molecule has 0 unspecified atom stereocenters. The van der Waals surface area contributed by atoms with Gasteiger partial charge in [0.15, 0.2) is 0 Å². The first-order valence-electron chi connectivity index (χ1n) is 6.07. The van der Waals surface area contributed by atoms with Gasteiger partial charge in [-0.15, -0.1) is 0 Å². The highest BCUT2D eigenvalue weighted by atomic mass is 35.5. The summed E-state index contributed by atoms with van der Waals surface area (Å²) < 4.78 is 5.06. The molecule has 0 aliphatic heterocycles. The molecule has 3 N–H and O–H groups in total. The van der Waals surface area contributed by atoms with Crippen molar-refractivity contribution in [1.82, 2.24) is 0 Å².